The summed E-state index contributed by atoms with van der Waals surface area (Å²) in [6.07, 6.45) is 3.27. The number of ether oxygens (including phenoxy) is 1. The predicted molar refractivity (Wildman–Crippen MR) is 86.8 cm³/mol. The molecule has 1 aliphatic carbocycles. The van der Waals surface area contributed by atoms with Gasteiger partial charge in [-0.05, 0) is 66.9 Å². The van der Waals surface area contributed by atoms with Crippen molar-refractivity contribution in [3.05, 3.63) is 35.1 Å². The average molecular weight is 320 g/mol. The topological polar surface area (TPSA) is 55.6 Å². The van der Waals surface area contributed by atoms with Crippen LogP contribution < -0.4 is 5.73 Å². The van der Waals surface area contributed by atoms with E-state index in [0.717, 1.165) is 56.6 Å². The SMILES string of the molecule is COCCN1CCC2(CC1)C[C@H](CC(N)=O)c1ccc(F)cc12. The maximum Gasteiger partial charge on any atom is 0.218 e. The molecule has 126 valence electrons. The minimum absolute atomic E-state index is 0.00111. The number of halogens is 1. The lowest BCUT2D eigenvalue weighted by Crippen LogP contribution is -2.42. The molecule has 1 aliphatic heterocycles. The summed E-state index contributed by atoms with van der Waals surface area (Å²) in [6, 6.07) is 5.03. The smallest absolute Gasteiger partial charge is 0.218 e. The van der Waals surface area contributed by atoms with Crippen LogP contribution in [-0.4, -0.2) is 44.2 Å². The third-order valence-corrected chi connectivity index (χ3v) is 5.54. The molecule has 23 heavy (non-hydrogen) atoms. The van der Waals surface area contributed by atoms with Gasteiger partial charge >= 0.3 is 0 Å². The molecule has 0 saturated carbocycles. The molecule has 4 nitrogen and oxygen atoms in total. The Morgan fingerprint density at radius 1 is 1.43 bits per heavy atom. The summed E-state index contributed by atoms with van der Waals surface area (Å²) in [7, 11) is 1.72. The first-order chi connectivity index (χ1) is 11.0. The van der Waals surface area contributed by atoms with Crippen molar-refractivity contribution in [3.8, 4) is 0 Å². The van der Waals surface area contributed by atoms with E-state index in [-0.39, 0.29) is 23.1 Å². The highest BCUT2D eigenvalue weighted by atomic mass is 19.1. The Morgan fingerprint density at radius 3 is 2.83 bits per heavy atom. The second-order valence-corrected chi connectivity index (χ2v) is 6.92. The predicted octanol–water partition coefficient (Wildman–Crippen LogP) is 2.17. The first-order valence-electron chi connectivity index (χ1n) is 8.33. The van der Waals surface area contributed by atoms with Gasteiger partial charge in [-0.3, -0.25) is 4.79 Å². The van der Waals surface area contributed by atoms with Gasteiger partial charge in [0.2, 0.25) is 5.91 Å². The van der Waals surface area contributed by atoms with Crippen LogP contribution in [0.4, 0.5) is 4.39 Å². The van der Waals surface area contributed by atoms with Crippen LogP contribution in [0.3, 0.4) is 0 Å². The van der Waals surface area contributed by atoms with Crippen LogP contribution in [0.1, 0.15) is 42.7 Å². The summed E-state index contributed by atoms with van der Waals surface area (Å²) in [4.78, 5) is 13.8. The molecule has 0 radical (unpaired) electrons. The Morgan fingerprint density at radius 2 is 2.17 bits per heavy atom. The number of carbonyl (C=O) groups is 1. The molecule has 0 aromatic heterocycles. The fourth-order valence-electron chi connectivity index (χ4n) is 4.36. The molecular formula is C18H25FN2O2. The van der Waals surface area contributed by atoms with Crippen LogP contribution in [-0.2, 0) is 14.9 Å². The Hall–Kier alpha value is -1.46. The minimum atomic E-state index is -0.278. The van der Waals surface area contributed by atoms with E-state index < -0.39 is 0 Å². The van der Waals surface area contributed by atoms with Gasteiger partial charge in [-0.15, -0.1) is 0 Å². The van der Waals surface area contributed by atoms with E-state index in [0.29, 0.717) is 6.42 Å². The van der Waals surface area contributed by atoms with Crippen LogP contribution in [0.15, 0.2) is 18.2 Å². The lowest BCUT2D eigenvalue weighted by Gasteiger charge is -2.40. The number of fused-ring (bicyclic) bond motifs is 2. The number of amides is 1. The summed E-state index contributed by atoms with van der Waals surface area (Å²) in [6.45, 7) is 3.65. The molecule has 3 rings (SSSR count). The molecule has 2 aliphatic rings. The maximum absolute atomic E-state index is 13.8. The van der Waals surface area contributed by atoms with Crippen molar-refractivity contribution in [3.63, 3.8) is 0 Å². The number of likely N-dealkylation sites (tertiary alicyclic amines) is 1. The molecule has 0 bridgehead atoms. The zero-order valence-corrected chi connectivity index (χ0v) is 13.7. The van der Waals surface area contributed by atoms with E-state index in [4.69, 9.17) is 10.5 Å². The fourth-order valence-corrected chi connectivity index (χ4v) is 4.36. The van der Waals surface area contributed by atoms with Gasteiger partial charge in [0.15, 0.2) is 0 Å². The normalized spacial score (nSPS) is 23.1. The van der Waals surface area contributed by atoms with Crippen molar-refractivity contribution in [1.82, 2.24) is 4.90 Å². The zero-order chi connectivity index (χ0) is 16.4. The Labute approximate surface area is 136 Å². The number of rotatable bonds is 5. The van der Waals surface area contributed by atoms with E-state index in [1.165, 1.54) is 6.07 Å². The molecule has 1 heterocycles. The van der Waals surface area contributed by atoms with E-state index in [1.807, 2.05) is 6.07 Å². The Kier molecular flexibility index (Phi) is 4.69. The Balaban J connectivity index is 1.81. The number of methoxy groups -OCH3 is 1. The standard InChI is InChI=1S/C18H25FN2O2/c1-23-9-8-21-6-4-18(5-7-21)12-13(10-17(20)22)15-3-2-14(19)11-16(15)18/h2-3,11,13H,4-10,12H2,1H3,(H2,20,22)/t13-/m0/s1. The van der Waals surface area contributed by atoms with Gasteiger partial charge in [0.1, 0.15) is 5.82 Å². The quantitative estimate of drug-likeness (QED) is 0.904. The van der Waals surface area contributed by atoms with E-state index in [2.05, 4.69) is 4.90 Å². The Bertz CT molecular complexity index is 582. The molecule has 1 saturated heterocycles. The largest absolute Gasteiger partial charge is 0.383 e. The van der Waals surface area contributed by atoms with Gasteiger partial charge in [-0.2, -0.15) is 0 Å². The van der Waals surface area contributed by atoms with Gasteiger partial charge < -0.3 is 15.4 Å². The number of hydrogen-bond donors (Lipinski definition) is 1. The summed E-state index contributed by atoms with van der Waals surface area (Å²) in [5, 5.41) is 0. The van der Waals surface area contributed by atoms with Crippen LogP contribution in [0.5, 0.6) is 0 Å². The van der Waals surface area contributed by atoms with Crippen LogP contribution in [0.2, 0.25) is 0 Å². The first kappa shape index (κ1) is 16.4. The molecule has 5 heteroatoms. The third kappa shape index (κ3) is 3.26. The second kappa shape index (κ2) is 6.57. The van der Waals surface area contributed by atoms with Crippen LogP contribution >= 0.6 is 0 Å². The van der Waals surface area contributed by atoms with Crippen molar-refractivity contribution in [2.75, 3.05) is 33.4 Å². The lowest BCUT2D eigenvalue weighted by atomic mass is 9.73. The summed E-state index contributed by atoms with van der Waals surface area (Å²) < 4.78 is 19.0. The highest BCUT2D eigenvalue weighted by Crippen LogP contribution is 2.52. The number of nitrogens with two attached hydrogens (primary N) is 1. The number of piperidine rings is 1. The second-order valence-electron chi connectivity index (χ2n) is 6.92. The van der Waals surface area contributed by atoms with E-state index in [1.54, 1.807) is 13.2 Å². The molecule has 1 aromatic rings. The molecule has 1 atom stereocenters. The average Bonchev–Trinajstić information content (AvgIpc) is 2.79. The molecular weight excluding hydrogens is 295 g/mol. The lowest BCUT2D eigenvalue weighted by molar-refractivity contribution is -0.118. The molecule has 1 fully saturated rings. The monoisotopic (exact) mass is 320 g/mol. The third-order valence-electron chi connectivity index (χ3n) is 5.54. The number of carbonyl (C=O) groups excluding carboxylic acids is 1. The highest BCUT2D eigenvalue weighted by Gasteiger charge is 2.45. The van der Waals surface area contributed by atoms with Gasteiger partial charge in [-0.25, -0.2) is 4.39 Å². The first-order valence-corrected chi connectivity index (χ1v) is 8.33. The van der Waals surface area contributed by atoms with Crippen molar-refractivity contribution in [2.24, 2.45) is 5.73 Å². The summed E-state index contributed by atoms with van der Waals surface area (Å²) >= 11 is 0. The van der Waals surface area contributed by atoms with Gasteiger partial charge in [-0.1, -0.05) is 6.07 Å². The fraction of sp³-hybridized carbons (Fsp3) is 0.611. The number of benzene rings is 1. The minimum Gasteiger partial charge on any atom is -0.383 e. The number of hydrogen-bond acceptors (Lipinski definition) is 3. The number of nitrogens with zero attached hydrogens (tertiary/aromatic N) is 1. The van der Waals surface area contributed by atoms with Gasteiger partial charge in [0.25, 0.3) is 0 Å². The maximum atomic E-state index is 13.8. The van der Waals surface area contributed by atoms with Crippen molar-refractivity contribution < 1.29 is 13.9 Å². The van der Waals surface area contributed by atoms with Crippen molar-refractivity contribution in [1.29, 1.82) is 0 Å². The molecule has 1 aromatic carbocycles. The van der Waals surface area contributed by atoms with Crippen molar-refractivity contribution >= 4 is 5.91 Å². The van der Waals surface area contributed by atoms with Crippen LogP contribution in [0, 0.1) is 5.82 Å². The van der Waals surface area contributed by atoms with Gasteiger partial charge in [0.05, 0.1) is 6.61 Å². The highest BCUT2D eigenvalue weighted by molar-refractivity contribution is 5.75. The molecule has 0 unspecified atom stereocenters. The van der Waals surface area contributed by atoms with Crippen LogP contribution in [0.25, 0.3) is 0 Å². The van der Waals surface area contributed by atoms with Crippen molar-refractivity contribution in [2.45, 2.75) is 37.0 Å². The van der Waals surface area contributed by atoms with Gasteiger partial charge in [0, 0.05) is 20.1 Å². The summed E-state index contributed by atoms with van der Waals surface area (Å²) in [5.41, 5.74) is 7.65. The number of primary amides is 1. The molecule has 2 N–H and O–H groups in total. The zero-order valence-electron chi connectivity index (χ0n) is 13.7. The molecule has 1 amide bonds. The van der Waals surface area contributed by atoms with E-state index in [9.17, 15) is 9.18 Å². The summed E-state index contributed by atoms with van der Waals surface area (Å²) in [5.74, 6) is -0.335. The van der Waals surface area contributed by atoms with E-state index >= 15 is 0 Å². The molecule has 1 spiro atoms.